The summed E-state index contributed by atoms with van der Waals surface area (Å²) >= 11 is 0. The van der Waals surface area contributed by atoms with Crippen LogP contribution >= 0.6 is 0 Å². The summed E-state index contributed by atoms with van der Waals surface area (Å²) in [6, 6.07) is 7.86. The zero-order chi connectivity index (χ0) is 13.1. The Hall–Kier alpha value is -1.59. The second kappa shape index (κ2) is 5.59. The van der Waals surface area contributed by atoms with Crippen LogP contribution in [0.4, 0.5) is 0 Å². The molecule has 0 atom stereocenters. The third kappa shape index (κ3) is 2.72. The number of nitrogens with zero attached hydrogens (tertiary/aromatic N) is 1. The molecule has 1 aromatic carbocycles. The quantitative estimate of drug-likeness (QED) is 0.790. The highest BCUT2D eigenvalue weighted by Gasteiger charge is 2.13. The van der Waals surface area contributed by atoms with Gasteiger partial charge in [0.25, 0.3) is 0 Å². The van der Waals surface area contributed by atoms with Gasteiger partial charge in [0.15, 0.2) is 0 Å². The molecule has 2 N–H and O–H groups in total. The molecule has 1 saturated heterocycles. The van der Waals surface area contributed by atoms with Gasteiger partial charge in [-0.3, -0.25) is 4.57 Å². The standard InChI is InChI=1S/C14H19N3O2/c18-14-15-12-4-1-2-5-13(12)17(14)7-3-6-16-8-10-19-11-9-16/h1-2,4-5H,3,6-11H2,(H,15,18)/p+1. The van der Waals surface area contributed by atoms with E-state index in [2.05, 4.69) is 4.98 Å². The Kier molecular flexibility index (Phi) is 3.66. The lowest BCUT2D eigenvalue weighted by Crippen LogP contribution is -3.14. The minimum absolute atomic E-state index is 0.00169. The summed E-state index contributed by atoms with van der Waals surface area (Å²) < 4.78 is 7.19. The maximum atomic E-state index is 11.9. The fourth-order valence-electron chi connectivity index (χ4n) is 2.73. The maximum Gasteiger partial charge on any atom is 0.326 e. The number of aromatic amines is 1. The molecule has 2 aromatic rings. The summed E-state index contributed by atoms with van der Waals surface area (Å²) in [7, 11) is 0. The molecule has 5 heteroatoms. The monoisotopic (exact) mass is 262 g/mol. The van der Waals surface area contributed by atoms with Crippen molar-refractivity contribution in [2.24, 2.45) is 0 Å². The Bertz CT molecular complexity index is 596. The summed E-state index contributed by atoms with van der Waals surface area (Å²) in [5, 5.41) is 0. The van der Waals surface area contributed by atoms with E-state index in [9.17, 15) is 4.79 Å². The van der Waals surface area contributed by atoms with Crippen LogP contribution in [0.15, 0.2) is 29.1 Å². The fourth-order valence-corrected chi connectivity index (χ4v) is 2.73. The van der Waals surface area contributed by atoms with Crippen LogP contribution in [0.5, 0.6) is 0 Å². The van der Waals surface area contributed by atoms with E-state index < -0.39 is 0 Å². The SMILES string of the molecule is O=c1[nH]c2ccccc2n1CCC[NH+]1CCOCC1. The van der Waals surface area contributed by atoms with Crippen LogP contribution in [0, 0.1) is 0 Å². The van der Waals surface area contributed by atoms with Crippen molar-refractivity contribution in [1.82, 2.24) is 9.55 Å². The molecule has 0 bridgehead atoms. The normalized spacial score (nSPS) is 17.1. The van der Waals surface area contributed by atoms with Crippen molar-refractivity contribution >= 4 is 11.0 Å². The van der Waals surface area contributed by atoms with Crippen LogP contribution in [-0.4, -0.2) is 42.4 Å². The van der Waals surface area contributed by atoms with Gasteiger partial charge < -0.3 is 14.6 Å². The minimum atomic E-state index is -0.00169. The van der Waals surface area contributed by atoms with Gasteiger partial charge in [0.1, 0.15) is 13.1 Å². The van der Waals surface area contributed by atoms with Crippen molar-refractivity contribution in [2.75, 3.05) is 32.8 Å². The second-order valence-corrected chi connectivity index (χ2v) is 5.06. The molecule has 0 saturated carbocycles. The van der Waals surface area contributed by atoms with Gasteiger partial charge >= 0.3 is 5.69 Å². The number of nitrogens with one attached hydrogen (secondary N) is 2. The number of quaternary nitrogens is 1. The Labute approximate surface area is 111 Å². The van der Waals surface area contributed by atoms with Crippen LogP contribution in [0.3, 0.4) is 0 Å². The van der Waals surface area contributed by atoms with Gasteiger partial charge in [-0.05, 0) is 12.1 Å². The molecule has 0 unspecified atom stereocenters. The van der Waals surface area contributed by atoms with E-state index in [-0.39, 0.29) is 5.69 Å². The Morgan fingerprint density at radius 3 is 2.89 bits per heavy atom. The highest BCUT2D eigenvalue weighted by Crippen LogP contribution is 2.08. The molecule has 0 amide bonds. The number of aryl methyl sites for hydroxylation is 1. The number of benzene rings is 1. The lowest BCUT2D eigenvalue weighted by molar-refractivity contribution is -0.908. The smallest absolute Gasteiger partial charge is 0.326 e. The minimum Gasteiger partial charge on any atom is -0.370 e. The lowest BCUT2D eigenvalue weighted by atomic mass is 10.3. The topological polar surface area (TPSA) is 51.5 Å². The number of fused-ring (bicyclic) bond motifs is 1. The number of para-hydroxylation sites is 2. The van der Waals surface area contributed by atoms with Crippen molar-refractivity contribution < 1.29 is 9.64 Å². The first-order valence-electron chi connectivity index (χ1n) is 6.93. The van der Waals surface area contributed by atoms with Crippen molar-refractivity contribution in [3.05, 3.63) is 34.7 Å². The number of H-pyrrole nitrogens is 1. The predicted octanol–water partition coefficient (Wildman–Crippen LogP) is -0.365. The van der Waals surface area contributed by atoms with Crippen molar-refractivity contribution in [3.8, 4) is 0 Å². The van der Waals surface area contributed by atoms with Gasteiger partial charge in [-0.15, -0.1) is 0 Å². The third-order valence-corrected chi connectivity index (χ3v) is 3.79. The first-order valence-corrected chi connectivity index (χ1v) is 6.93. The molecule has 5 nitrogen and oxygen atoms in total. The fraction of sp³-hybridized carbons (Fsp3) is 0.500. The number of ether oxygens (including phenoxy) is 1. The van der Waals surface area contributed by atoms with Gasteiger partial charge in [0.2, 0.25) is 0 Å². The Morgan fingerprint density at radius 1 is 1.26 bits per heavy atom. The van der Waals surface area contributed by atoms with Crippen molar-refractivity contribution in [1.29, 1.82) is 0 Å². The highest BCUT2D eigenvalue weighted by molar-refractivity contribution is 5.74. The average Bonchev–Trinajstić information content (AvgIpc) is 2.76. The summed E-state index contributed by atoms with van der Waals surface area (Å²) in [6.45, 7) is 5.79. The molecule has 0 aliphatic carbocycles. The van der Waals surface area contributed by atoms with Crippen LogP contribution in [0.2, 0.25) is 0 Å². The largest absolute Gasteiger partial charge is 0.370 e. The Morgan fingerprint density at radius 2 is 2.05 bits per heavy atom. The third-order valence-electron chi connectivity index (χ3n) is 3.79. The summed E-state index contributed by atoms with van der Waals surface area (Å²) in [4.78, 5) is 16.4. The van der Waals surface area contributed by atoms with Crippen molar-refractivity contribution in [3.63, 3.8) is 0 Å². The molecule has 102 valence electrons. The highest BCUT2D eigenvalue weighted by atomic mass is 16.5. The van der Waals surface area contributed by atoms with E-state index in [4.69, 9.17) is 4.74 Å². The Balaban J connectivity index is 1.65. The summed E-state index contributed by atoms with van der Waals surface area (Å²) in [5.74, 6) is 0. The van der Waals surface area contributed by atoms with Gasteiger partial charge in [-0.25, -0.2) is 4.79 Å². The van der Waals surface area contributed by atoms with Crippen LogP contribution < -0.4 is 10.6 Å². The molecule has 19 heavy (non-hydrogen) atoms. The van der Waals surface area contributed by atoms with Gasteiger partial charge in [0.05, 0.1) is 30.8 Å². The number of hydrogen-bond donors (Lipinski definition) is 2. The van der Waals surface area contributed by atoms with Crippen LogP contribution in [0.1, 0.15) is 6.42 Å². The number of rotatable bonds is 4. The zero-order valence-electron chi connectivity index (χ0n) is 11.0. The van der Waals surface area contributed by atoms with Gasteiger partial charge in [-0.2, -0.15) is 0 Å². The van der Waals surface area contributed by atoms with Crippen molar-refractivity contribution in [2.45, 2.75) is 13.0 Å². The van der Waals surface area contributed by atoms with Crippen LogP contribution in [-0.2, 0) is 11.3 Å². The molecule has 3 rings (SSSR count). The van der Waals surface area contributed by atoms with E-state index in [1.54, 1.807) is 4.90 Å². The van der Waals surface area contributed by atoms with E-state index in [1.165, 1.54) is 0 Å². The number of imidazole rings is 1. The van der Waals surface area contributed by atoms with E-state index >= 15 is 0 Å². The van der Waals surface area contributed by atoms with E-state index in [1.807, 2.05) is 28.8 Å². The molecular weight excluding hydrogens is 242 g/mol. The average molecular weight is 262 g/mol. The molecule has 1 aliphatic rings. The van der Waals surface area contributed by atoms with Gasteiger partial charge in [-0.1, -0.05) is 12.1 Å². The number of morpholine rings is 1. The summed E-state index contributed by atoms with van der Waals surface area (Å²) in [6.07, 6.45) is 1.02. The molecule has 0 radical (unpaired) electrons. The lowest BCUT2D eigenvalue weighted by Gasteiger charge is -2.23. The van der Waals surface area contributed by atoms with Gasteiger partial charge in [0, 0.05) is 13.0 Å². The van der Waals surface area contributed by atoms with Crippen LogP contribution in [0.25, 0.3) is 11.0 Å². The first-order chi connectivity index (χ1) is 9.34. The maximum absolute atomic E-state index is 11.9. The molecule has 0 spiro atoms. The number of hydrogen-bond acceptors (Lipinski definition) is 2. The molecule has 2 heterocycles. The van der Waals surface area contributed by atoms with E-state index in [0.29, 0.717) is 0 Å². The molecule has 1 aromatic heterocycles. The molecular formula is C14H20N3O2+. The number of aromatic nitrogens is 2. The van der Waals surface area contributed by atoms with E-state index in [0.717, 1.165) is 56.8 Å². The predicted molar refractivity (Wildman–Crippen MR) is 73.6 cm³/mol. The summed E-state index contributed by atoms with van der Waals surface area (Å²) in [5.41, 5.74) is 1.92. The molecule has 1 aliphatic heterocycles. The molecule has 1 fully saturated rings. The first kappa shape index (κ1) is 12.4. The second-order valence-electron chi connectivity index (χ2n) is 5.06. The zero-order valence-corrected chi connectivity index (χ0v) is 11.0.